The lowest BCUT2D eigenvalue weighted by molar-refractivity contribution is -0.0134. The maximum absolute atomic E-state index is 11.4. The molecule has 0 spiro atoms. The van der Waals surface area contributed by atoms with Crippen molar-refractivity contribution < 1.29 is 9.90 Å². The molecule has 1 aromatic heterocycles. The van der Waals surface area contributed by atoms with Crippen LogP contribution in [0.15, 0.2) is 18.2 Å². The summed E-state index contributed by atoms with van der Waals surface area (Å²) in [5.74, 6) is 1.40. The zero-order valence-electron chi connectivity index (χ0n) is 14.1. The highest BCUT2D eigenvalue weighted by molar-refractivity contribution is 5.95. The zero-order chi connectivity index (χ0) is 16.4. The highest BCUT2D eigenvalue weighted by Crippen LogP contribution is 2.51. The predicted octanol–water partition coefficient (Wildman–Crippen LogP) is 3.63. The monoisotopic (exact) mass is 324 g/mol. The van der Waals surface area contributed by atoms with Crippen LogP contribution < -0.4 is 0 Å². The molecule has 1 saturated carbocycles. The van der Waals surface area contributed by atoms with E-state index in [1.54, 1.807) is 6.07 Å². The van der Waals surface area contributed by atoms with Gasteiger partial charge in [0, 0.05) is 41.6 Å². The molecule has 1 aliphatic carbocycles. The van der Waals surface area contributed by atoms with Crippen LogP contribution in [-0.2, 0) is 6.42 Å². The number of aromatic amines is 1. The molecule has 126 valence electrons. The number of carboxylic acid groups (broad SMARTS) is 1. The van der Waals surface area contributed by atoms with Gasteiger partial charge in [0.1, 0.15) is 0 Å². The number of rotatable bonds is 2. The lowest BCUT2D eigenvalue weighted by Gasteiger charge is -2.53. The third-order valence-electron chi connectivity index (χ3n) is 6.76. The van der Waals surface area contributed by atoms with Gasteiger partial charge in [0.25, 0.3) is 0 Å². The number of carboxylic acids is 1. The molecule has 2 saturated heterocycles. The Morgan fingerprint density at radius 3 is 3.04 bits per heavy atom. The first-order valence-electron chi connectivity index (χ1n) is 9.27. The molecule has 4 bridgehead atoms. The Hall–Kier alpha value is -1.81. The van der Waals surface area contributed by atoms with Gasteiger partial charge in [-0.3, -0.25) is 4.90 Å². The van der Waals surface area contributed by atoms with Gasteiger partial charge in [0.2, 0.25) is 0 Å². The quantitative estimate of drug-likeness (QED) is 0.887. The van der Waals surface area contributed by atoms with Crippen molar-refractivity contribution in [3.63, 3.8) is 0 Å². The predicted molar refractivity (Wildman–Crippen MR) is 93.6 cm³/mol. The number of nitrogens with zero attached hydrogens (tertiary/aromatic N) is 1. The van der Waals surface area contributed by atoms with E-state index in [0.29, 0.717) is 17.5 Å². The van der Waals surface area contributed by atoms with Gasteiger partial charge in [-0.25, -0.2) is 4.79 Å². The fraction of sp³-hybridized carbons (Fsp3) is 0.550. The van der Waals surface area contributed by atoms with E-state index in [1.807, 2.05) is 12.1 Å². The zero-order valence-corrected chi connectivity index (χ0v) is 14.1. The van der Waals surface area contributed by atoms with E-state index in [9.17, 15) is 9.90 Å². The van der Waals surface area contributed by atoms with Crippen LogP contribution >= 0.6 is 0 Å². The summed E-state index contributed by atoms with van der Waals surface area (Å²) in [4.78, 5) is 17.8. The van der Waals surface area contributed by atoms with Crippen molar-refractivity contribution >= 4 is 16.9 Å². The molecule has 4 aliphatic rings. The van der Waals surface area contributed by atoms with Crippen LogP contribution in [0.25, 0.3) is 10.9 Å². The first-order valence-corrected chi connectivity index (χ1v) is 9.27. The van der Waals surface area contributed by atoms with Gasteiger partial charge in [-0.2, -0.15) is 0 Å². The molecule has 0 radical (unpaired) electrons. The normalized spacial score (nSPS) is 34.1. The second kappa shape index (κ2) is 5.09. The molecule has 2 N–H and O–H groups in total. The smallest absolute Gasteiger partial charge is 0.335 e. The number of nitrogens with one attached hydrogen (secondary N) is 1. The van der Waals surface area contributed by atoms with Crippen LogP contribution in [0.3, 0.4) is 0 Å². The number of piperidine rings is 2. The van der Waals surface area contributed by atoms with E-state index >= 15 is 0 Å². The maximum Gasteiger partial charge on any atom is 0.335 e. The van der Waals surface area contributed by atoms with Crippen molar-refractivity contribution in [2.45, 2.75) is 44.6 Å². The van der Waals surface area contributed by atoms with E-state index in [1.165, 1.54) is 37.1 Å². The molecule has 2 unspecified atom stereocenters. The third-order valence-corrected chi connectivity index (χ3v) is 6.76. The Bertz CT molecular complexity index is 824. The van der Waals surface area contributed by atoms with Gasteiger partial charge in [-0.05, 0) is 54.9 Å². The molecule has 4 nitrogen and oxygen atoms in total. The van der Waals surface area contributed by atoms with Gasteiger partial charge in [0.05, 0.1) is 5.56 Å². The number of hydrogen-bond acceptors (Lipinski definition) is 2. The molecule has 6 rings (SSSR count). The molecular formula is C20H24N2O2. The standard InChI is InChI=1S/C20H24N2O2/c1-2-12-7-11-8-16-18-14(5-6-22(10-11)19(12)16)15-9-13(20(23)24)3-4-17(15)21-18/h3-4,9,11-12,16,19,21H,2,5-8,10H2,1H3,(H,23,24)/t11-,12-,16-,19?/m0/s1. The van der Waals surface area contributed by atoms with Gasteiger partial charge in [-0.15, -0.1) is 0 Å². The lowest BCUT2D eigenvalue weighted by atomic mass is 9.65. The van der Waals surface area contributed by atoms with Crippen LogP contribution in [0.4, 0.5) is 0 Å². The number of carbonyl (C=O) groups is 1. The van der Waals surface area contributed by atoms with E-state index in [2.05, 4.69) is 16.8 Å². The van der Waals surface area contributed by atoms with E-state index in [-0.39, 0.29) is 0 Å². The van der Waals surface area contributed by atoms with E-state index in [4.69, 9.17) is 0 Å². The van der Waals surface area contributed by atoms with Gasteiger partial charge in [0.15, 0.2) is 0 Å². The summed E-state index contributed by atoms with van der Waals surface area (Å²) in [5, 5.41) is 10.5. The first kappa shape index (κ1) is 14.5. The summed E-state index contributed by atoms with van der Waals surface area (Å²) in [5.41, 5.74) is 4.28. The molecule has 0 amide bonds. The lowest BCUT2D eigenvalue weighted by Crippen LogP contribution is -2.56. The van der Waals surface area contributed by atoms with Gasteiger partial charge < -0.3 is 10.1 Å². The minimum Gasteiger partial charge on any atom is -0.478 e. The summed E-state index contributed by atoms with van der Waals surface area (Å²) in [6, 6.07) is 6.21. The SMILES string of the molecule is CC[C@H]1C[C@H]2C[C@H]3c4[nH]c5ccc(C(=O)O)cc5c4CCN(C2)C13. The largest absolute Gasteiger partial charge is 0.478 e. The second-order valence-electron chi connectivity index (χ2n) is 7.93. The van der Waals surface area contributed by atoms with Crippen molar-refractivity contribution in [1.29, 1.82) is 0 Å². The summed E-state index contributed by atoms with van der Waals surface area (Å²) < 4.78 is 0. The van der Waals surface area contributed by atoms with Crippen molar-refractivity contribution in [3.8, 4) is 0 Å². The Kier molecular flexibility index (Phi) is 3.08. The van der Waals surface area contributed by atoms with E-state index < -0.39 is 5.97 Å². The topological polar surface area (TPSA) is 56.3 Å². The maximum atomic E-state index is 11.4. The van der Waals surface area contributed by atoms with Gasteiger partial charge in [-0.1, -0.05) is 13.3 Å². The number of benzene rings is 1. The number of aromatic carboxylic acids is 1. The summed E-state index contributed by atoms with van der Waals surface area (Å²) >= 11 is 0. The van der Waals surface area contributed by atoms with Crippen LogP contribution in [0.2, 0.25) is 0 Å². The van der Waals surface area contributed by atoms with Crippen LogP contribution in [0, 0.1) is 11.8 Å². The van der Waals surface area contributed by atoms with Gasteiger partial charge >= 0.3 is 5.97 Å². The molecule has 3 aliphatic heterocycles. The minimum atomic E-state index is -0.840. The van der Waals surface area contributed by atoms with Crippen LogP contribution in [-0.4, -0.2) is 40.1 Å². The molecule has 4 heterocycles. The van der Waals surface area contributed by atoms with Crippen molar-refractivity contribution in [3.05, 3.63) is 35.0 Å². The average molecular weight is 324 g/mol. The summed E-state index contributed by atoms with van der Waals surface area (Å²) in [7, 11) is 0. The number of fused-ring (bicyclic) bond motifs is 4. The Morgan fingerprint density at radius 2 is 2.25 bits per heavy atom. The molecule has 24 heavy (non-hydrogen) atoms. The number of hydrogen-bond donors (Lipinski definition) is 2. The Labute approximate surface area is 141 Å². The first-order chi connectivity index (χ1) is 11.7. The highest BCUT2D eigenvalue weighted by atomic mass is 16.4. The number of H-pyrrole nitrogens is 1. The number of aromatic nitrogens is 1. The third kappa shape index (κ3) is 1.92. The van der Waals surface area contributed by atoms with Crippen LogP contribution in [0.1, 0.15) is 53.7 Å². The minimum absolute atomic E-state index is 0.393. The van der Waals surface area contributed by atoms with Crippen LogP contribution in [0.5, 0.6) is 0 Å². The summed E-state index contributed by atoms with van der Waals surface area (Å²) in [6.07, 6.45) is 5.00. The Morgan fingerprint density at radius 1 is 1.38 bits per heavy atom. The fourth-order valence-electron chi connectivity index (χ4n) is 5.83. The molecular weight excluding hydrogens is 300 g/mol. The molecule has 1 aromatic carbocycles. The van der Waals surface area contributed by atoms with E-state index in [0.717, 1.165) is 35.7 Å². The summed E-state index contributed by atoms with van der Waals surface area (Å²) in [6.45, 7) is 4.72. The van der Waals surface area contributed by atoms with Crippen molar-refractivity contribution in [2.24, 2.45) is 11.8 Å². The molecule has 4 heteroatoms. The Balaban J connectivity index is 1.67. The second-order valence-corrected chi connectivity index (χ2v) is 7.93. The molecule has 2 aromatic rings. The van der Waals surface area contributed by atoms with Crippen molar-refractivity contribution in [2.75, 3.05) is 13.1 Å². The fourth-order valence-corrected chi connectivity index (χ4v) is 5.83. The molecule has 5 atom stereocenters. The molecule has 3 fully saturated rings. The van der Waals surface area contributed by atoms with Crippen molar-refractivity contribution in [1.82, 2.24) is 9.88 Å². The highest BCUT2D eigenvalue weighted by Gasteiger charge is 2.48. The average Bonchev–Trinajstić information content (AvgIpc) is 2.92.